The number of hydrogen-bond donors (Lipinski definition) is 6. The van der Waals surface area contributed by atoms with Crippen molar-refractivity contribution in [1.29, 1.82) is 0 Å². The van der Waals surface area contributed by atoms with Crippen molar-refractivity contribution in [2.45, 2.75) is 73.0 Å². The van der Waals surface area contributed by atoms with Gasteiger partial charge in [-0.25, -0.2) is 14.4 Å². The van der Waals surface area contributed by atoms with E-state index in [-0.39, 0.29) is 24.0 Å². The van der Waals surface area contributed by atoms with Crippen molar-refractivity contribution in [3.8, 4) is 11.8 Å². The fraction of sp³-hybridized carbons (Fsp3) is 0.407. The number of ether oxygens (including phenoxy) is 2. The number of urea groups is 1. The van der Waals surface area contributed by atoms with E-state index in [1.165, 1.54) is 13.8 Å². The molecule has 2 aromatic rings. The molecule has 0 aromatic carbocycles. The van der Waals surface area contributed by atoms with E-state index in [2.05, 4.69) is 19.9 Å². The molecule has 43 heavy (non-hydrogen) atoms. The molecule has 0 aliphatic carbocycles. The van der Waals surface area contributed by atoms with Gasteiger partial charge in [0.15, 0.2) is 0 Å². The van der Waals surface area contributed by atoms with E-state index in [0.29, 0.717) is 11.1 Å². The van der Waals surface area contributed by atoms with Crippen LogP contribution in [-0.4, -0.2) is 54.8 Å². The fourth-order valence-corrected chi connectivity index (χ4v) is 4.09. The number of aromatic nitrogens is 4. The van der Waals surface area contributed by atoms with Crippen molar-refractivity contribution in [3.63, 3.8) is 0 Å². The number of ketones is 1. The third kappa shape index (κ3) is 9.94. The Bertz CT molecular complexity index is 1600. The van der Waals surface area contributed by atoms with Gasteiger partial charge in [-0.3, -0.25) is 49.7 Å². The number of carbonyl (C=O) groups is 4. The van der Waals surface area contributed by atoms with Crippen LogP contribution in [0.3, 0.4) is 0 Å². The summed E-state index contributed by atoms with van der Waals surface area (Å²) in [5, 5.41) is 3.80. The average molecular weight is 603 g/mol. The Morgan fingerprint density at radius 2 is 0.977 bits per heavy atom. The Balaban J connectivity index is 0.000000218. The Morgan fingerprint density at radius 1 is 0.651 bits per heavy atom. The lowest BCUT2D eigenvalue weighted by atomic mass is 9.99. The van der Waals surface area contributed by atoms with Crippen molar-refractivity contribution in [2.24, 2.45) is 0 Å². The smallest absolute Gasteiger partial charge is 0.328 e. The van der Waals surface area contributed by atoms with Gasteiger partial charge >= 0.3 is 17.4 Å². The van der Waals surface area contributed by atoms with Gasteiger partial charge in [-0.2, -0.15) is 0 Å². The first-order valence-electron chi connectivity index (χ1n) is 12.8. The van der Waals surface area contributed by atoms with Gasteiger partial charge in [-0.1, -0.05) is 0 Å². The van der Waals surface area contributed by atoms with Gasteiger partial charge in [0.2, 0.25) is 23.6 Å². The zero-order valence-electron chi connectivity index (χ0n) is 24.9. The number of amides is 4. The molecule has 232 valence electrons. The number of Topliss-reactive ketones (excluding diaryl/α,β-unsaturated/α-hetero) is 1. The molecule has 4 amide bonds. The van der Waals surface area contributed by atoms with E-state index in [1.807, 2.05) is 64.3 Å². The second-order valence-corrected chi connectivity index (χ2v) is 10.8. The molecule has 0 saturated carbocycles. The largest absolute Gasteiger partial charge is 0.468 e. The molecule has 5 heterocycles. The highest BCUT2D eigenvalue weighted by Crippen LogP contribution is 2.31. The number of rotatable bonds is 0. The fourth-order valence-electron chi connectivity index (χ4n) is 4.09. The summed E-state index contributed by atoms with van der Waals surface area (Å²) in [4.78, 5) is 94.7. The Labute approximate surface area is 244 Å². The molecule has 16 heteroatoms. The number of barbiturate groups is 1. The molecule has 3 aliphatic rings. The van der Waals surface area contributed by atoms with Crippen LogP contribution in [0.5, 0.6) is 11.8 Å². The van der Waals surface area contributed by atoms with Gasteiger partial charge in [0, 0.05) is 0 Å². The van der Waals surface area contributed by atoms with E-state index >= 15 is 0 Å². The zero-order valence-corrected chi connectivity index (χ0v) is 24.9. The summed E-state index contributed by atoms with van der Waals surface area (Å²) >= 11 is 0. The lowest BCUT2D eigenvalue weighted by Gasteiger charge is -2.28. The number of fused-ring (bicyclic) bond motifs is 2. The highest BCUT2D eigenvalue weighted by atomic mass is 16.5. The van der Waals surface area contributed by atoms with Crippen molar-refractivity contribution in [2.75, 3.05) is 0 Å². The van der Waals surface area contributed by atoms with Gasteiger partial charge in [0.1, 0.15) is 34.5 Å². The molecule has 0 unspecified atom stereocenters. The predicted octanol–water partition coefficient (Wildman–Crippen LogP) is 0.613. The summed E-state index contributed by atoms with van der Waals surface area (Å²) in [5.41, 5.74) is -0.549. The van der Waals surface area contributed by atoms with E-state index in [9.17, 15) is 38.4 Å². The maximum absolute atomic E-state index is 11.5. The average Bonchev–Trinajstić information content (AvgIpc) is 2.75. The third-order valence-corrected chi connectivity index (χ3v) is 5.29. The first kappa shape index (κ1) is 33.9. The van der Waals surface area contributed by atoms with E-state index < -0.39 is 51.5 Å². The maximum atomic E-state index is 11.5. The van der Waals surface area contributed by atoms with Gasteiger partial charge in [0.25, 0.3) is 11.1 Å². The Kier molecular flexibility index (Phi) is 10.4. The highest BCUT2D eigenvalue weighted by molar-refractivity contribution is 6.14. The van der Waals surface area contributed by atoms with Crippen LogP contribution < -0.4 is 42.6 Å². The van der Waals surface area contributed by atoms with Crippen LogP contribution in [0, 0.1) is 0 Å². The number of allylic oxidation sites excluding steroid dienone is 2. The van der Waals surface area contributed by atoms with Crippen molar-refractivity contribution >= 4 is 34.8 Å². The van der Waals surface area contributed by atoms with Crippen molar-refractivity contribution in [1.82, 2.24) is 30.6 Å². The lowest BCUT2D eigenvalue weighted by molar-refractivity contribution is -0.129. The number of imide groups is 2. The molecule has 3 aliphatic heterocycles. The number of carbonyl (C=O) groups excluding carboxylic acids is 4. The van der Waals surface area contributed by atoms with Gasteiger partial charge in [0.05, 0.1) is 0 Å². The molecule has 0 bridgehead atoms. The molecule has 1 fully saturated rings. The summed E-state index contributed by atoms with van der Waals surface area (Å²) < 4.78 is 11.0. The monoisotopic (exact) mass is 602 g/mol. The lowest BCUT2D eigenvalue weighted by Crippen LogP contribution is -2.49. The summed E-state index contributed by atoms with van der Waals surface area (Å²) in [6.07, 6.45) is 3.44. The second kappa shape index (κ2) is 13.1. The standard InChI is InChI=1S/2C10H12N2O3.C4H4N2O3.C3H6O/c2*1-5-4-10(2,3)15-8-6(5)7(13)11-9(14)12-8;7-2-1-3(8)6-4(9)5-2;1-3(2)4/h2*4H,1-3H3,(H2,11,12,13,14);1H2,(H2,5,6,7,8,9);1-2H3. The number of nitrogens with one attached hydrogen (secondary N) is 6. The highest BCUT2D eigenvalue weighted by Gasteiger charge is 2.28. The van der Waals surface area contributed by atoms with E-state index in [0.717, 1.165) is 11.1 Å². The van der Waals surface area contributed by atoms with Gasteiger partial charge in [-0.05, 0) is 78.7 Å². The normalized spacial score (nSPS) is 16.9. The van der Waals surface area contributed by atoms with Crippen molar-refractivity contribution in [3.05, 3.63) is 65.0 Å². The Morgan fingerprint density at radius 3 is 1.28 bits per heavy atom. The number of H-pyrrole nitrogens is 4. The molecule has 0 spiro atoms. The SMILES string of the molecule is CC(C)=O.CC1=CC(C)(C)Oc2[nH]c(=O)[nH]c(=O)c21.CC1=CC(C)(C)Oc2[nH]c(=O)[nH]c(=O)c21.O=C1CC(=O)NC(=O)N1. The zero-order chi connectivity index (χ0) is 32.9. The molecule has 16 nitrogen and oxygen atoms in total. The minimum Gasteiger partial charge on any atom is -0.468 e. The third-order valence-electron chi connectivity index (χ3n) is 5.29. The van der Waals surface area contributed by atoms with Crippen LogP contribution in [0.2, 0.25) is 0 Å². The van der Waals surface area contributed by atoms with E-state index in [1.54, 1.807) is 0 Å². The maximum Gasteiger partial charge on any atom is 0.328 e. The number of hydrogen-bond acceptors (Lipinski definition) is 10. The predicted molar refractivity (Wildman–Crippen MR) is 155 cm³/mol. The molecule has 6 N–H and O–H groups in total. The van der Waals surface area contributed by atoms with Crippen LogP contribution in [0.1, 0.15) is 72.9 Å². The molecular weight excluding hydrogens is 568 g/mol. The first-order valence-corrected chi connectivity index (χ1v) is 12.8. The second-order valence-electron chi connectivity index (χ2n) is 10.8. The quantitative estimate of drug-likeness (QED) is 0.229. The van der Waals surface area contributed by atoms with Crippen LogP contribution in [0.25, 0.3) is 11.1 Å². The summed E-state index contributed by atoms with van der Waals surface area (Å²) in [5.74, 6) is -0.449. The van der Waals surface area contributed by atoms with Crippen molar-refractivity contribution < 1.29 is 28.7 Å². The molecule has 1 saturated heterocycles. The first-order chi connectivity index (χ1) is 19.7. The van der Waals surface area contributed by atoms with Crippen LogP contribution in [-0.2, 0) is 14.4 Å². The summed E-state index contributed by atoms with van der Waals surface area (Å²) in [6.45, 7) is 14.1. The molecule has 0 atom stereocenters. The van der Waals surface area contributed by atoms with Crippen LogP contribution >= 0.6 is 0 Å². The van der Waals surface area contributed by atoms with Crippen LogP contribution in [0.15, 0.2) is 31.3 Å². The minimum absolute atomic E-state index is 0.167. The molecule has 0 radical (unpaired) electrons. The van der Waals surface area contributed by atoms with E-state index in [4.69, 9.17) is 9.47 Å². The minimum atomic E-state index is -0.740. The van der Waals surface area contributed by atoms with Gasteiger partial charge < -0.3 is 14.3 Å². The Hall–Kier alpha value is -5.28. The molecular formula is C27H34N6O10. The molecule has 2 aromatic heterocycles. The molecule has 5 rings (SSSR count). The topological polar surface area (TPSA) is 242 Å². The summed E-state index contributed by atoms with van der Waals surface area (Å²) in [7, 11) is 0. The summed E-state index contributed by atoms with van der Waals surface area (Å²) in [6, 6.07) is -0.740. The number of aromatic amines is 4. The van der Waals surface area contributed by atoms with Crippen LogP contribution in [0.4, 0.5) is 4.79 Å². The van der Waals surface area contributed by atoms with Gasteiger partial charge in [-0.15, -0.1) is 0 Å².